The molecule has 3 heteroatoms. The van der Waals surface area contributed by atoms with Crippen molar-refractivity contribution in [3.05, 3.63) is 0 Å². The molecule has 3 N–H and O–H groups in total. The second kappa shape index (κ2) is 3.05. The molecule has 3 unspecified atom stereocenters. The third-order valence-electron chi connectivity index (χ3n) is 3.32. The number of rotatable bonds is 1. The topological polar surface area (TPSA) is 55.1 Å². The molecule has 1 amide bonds. The van der Waals surface area contributed by atoms with Crippen LogP contribution in [0.2, 0.25) is 0 Å². The second-order valence-electron chi connectivity index (χ2n) is 4.02. The fraction of sp³-hybridized carbons (Fsp3) is 0.889. The predicted molar refractivity (Wildman–Crippen MR) is 46.4 cm³/mol. The van der Waals surface area contributed by atoms with E-state index in [1.807, 2.05) is 0 Å². The van der Waals surface area contributed by atoms with Crippen molar-refractivity contribution in [1.29, 1.82) is 0 Å². The monoisotopic (exact) mass is 168 g/mol. The SMILES string of the molecule is NC(=O)C1CCC2CCNC2C1. The minimum Gasteiger partial charge on any atom is -0.369 e. The normalized spacial score (nSPS) is 40.8. The maximum Gasteiger partial charge on any atom is 0.220 e. The first-order chi connectivity index (χ1) is 5.77. The predicted octanol–water partition coefficient (Wildman–Crippen LogP) is 0.250. The van der Waals surface area contributed by atoms with Gasteiger partial charge in [0.05, 0.1) is 0 Å². The number of nitrogens with two attached hydrogens (primary N) is 1. The highest BCUT2D eigenvalue weighted by atomic mass is 16.1. The van der Waals surface area contributed by atoms with Crippen LogP contribution in [0.15, 0.2) is 0 Å². The Morgan fingerprint density at radius 3 is 2.92 bits per heavy atom. The summed E-state index contributed by atoms with van der Waals surface area (Å²) < 4.78 is 0. The largest absolute Gasteiger partial charge is 0.369 e. The van der Waals surface area contributed by atoms with E-state index in [9.17, 15) is 4.79 Å². The molecule has 68 valence electrons. The summed E-state index contributed by atoms with van der Waals surface area (Å²) in [5.74, 6) is 0.847. The van der Waals surface area contributed by atoms with Gasteiger partial charge in [0.15, 0.2) is 0 Å². The van der Waals surface area contributed by atoms with Gasteiger partial charge >= 0.3 is 0 Å². The summed E-state index contributed by atoms with van der Waals surface area (Å²) >= 11 is 0. The highest BCUT2D eigenvalue weighted by molar-refractivity contribution is 5.76. The van der Waals surface area contributed by atoms with E-state index in [1.54, 1.807) is 0 Å². The molecular formula is C9H16N2O. The molecule has 1 aliphatic heterocycles. The fourth-order valence-corrected chi connectivity index (χ4v) is 2.54. The molecule has 3 nitrogen and oxygen atoms in total. The Kier molecular flexibility index (Phi) is 2.05. The van der Waals surface area contributed by atoms with E-state index >= 15 is 0 Å². The molecule has 2 rings (SSSR count). The van der Waals surface area contributed by atoms with E-state index < -0.39 is 0 Å². The molecular weight excluding hydrogens is 152 g/mol. The molecule has 0 aromatic heterocycles. The molecule has 12 heavy (non-hydrogen) atoms. The standard InChI is InChI=1S/C9H16N2O/c10-9(12)7-2-1-6-3-4-11-8(6)5-7/h6-8,11H,1-5H2,(H2,10,12). The van der Waals surface area contributed by atoms with Gasteiger partial charge in [0.25, 0.3) is 0 Å². The number of fused-ring (bicyclic) bond motifs is 1. The number of nitrogens with one attached hydrogen (secondary N) is 1. The Balaban J connectivity index is 1.96. The maximum atomic E-state index is 10.9. The van der Waals surface area contributed by atoms with E-state index in [-0.39, 0.29) is 11.8 Å². The lowest BCUT2D eigenvalue weighted by Gasteiger charge is -2.29. The molecule has 2 fully saturated rings. The van der Waals surface area contributed by atoms with Gasteiger partial charge in [-0.1, -0.05) is 0 Å². The van der Waals surface area contributed by atoms with Crippen molar-refractivity contribution in [2.45, 2.75) is 31.7 Å². The molecule has 1 heterocycles. The van der Waals surface area contributed by atoms with Crippen LogP contribution in [0, 0.1) is 11.8 Å². The molecule has 1 aliphatic carbocycles. The Morgan fingerprint density at radius 2 is 2.17 bits per heavy atom. The number of hydrogen-bond donors (Lipinski definition) is 2. The summed E-state index contributed by atoms with van der Waals surface area (Å²) in [6.07, 6.45) is 4.46. The van der Waals surface area contributed by atoms with Crippen molar-refractivity contribution in [3.8, 4) is 0 Å². The first kappa shape index (κ1) is 8.05. The van der Waals surface area contributed by atoms with Crippen LogP contribution in [0.25, 0.3) is 0 Å². The first-order valence-electron chi connectivity index (χ1n) is 4.80. The van der Waals surface area contributed by atoms with E-state index in [1.165, 1.54) is 12.8 Å². The van der Waals surface area contributed by atoms with Gasteiger partial charge in [-0.25, -0.2) is 0 Å². The lowest BCUT2D eigenvalue weighted by atomic mass is 9.79. The van der Waals surface area contributed by atoms with Crippen molar-refractivity contribution in [2.75, 3.05) is 6.54 Å². The van der Waals surface area contributed by atoms with Crippen LogP contribution in [0.5, 0.6) is 0 Å². The summed E-state index contributed by atoms with van der Waals surface area (Å²) in [5, 5.41) is 3.44. The van der Waals surface area contributed by atoms with Crippen LogP contribution >= 0.6 is 0 Å². The Morgan fingerprint density at radius 1 is 1.33 bits per heavy atom. The minimum absolute atomic E-state index is 0.109. The smallest absolute Gasteiger partial charge is 0.220 e. The molecule has 0 aromatic carbocycles. The molecule has 3 atom stereocenters. The van der Waals surface area contributed by atoms with Crippen LogP contribution in [-0.2, 0) is 4.79 Å². The van der Waals surface area contributed by atoms with Gasteiger partial charge < -0.3 is 11.1 Å². The Labute approximate surface area is 72.7 Å². The van der Waals surface area contributed by atoms with Crippen molar-refractivity contribution in [3.63, 3.8) is 0 Å². The van der Waals surface area contributed by atoms with Crippen LogP contribution in [-0.4, -0.2) is 18.5 Å². The summed E-state index contributed by atoms with van der Waals surface area (Å²) in [4.78, 5) is 10.9. The van der Waals surface area contributed by atoms with Crippen molar-refractivity contribution in [2.24, 2.45) is 17.6 Å². The summed E-state index contributed by atoms with van der Waals surface area (Å²) in [5.41, 5.74) is 5.28. The summed E-state index contributed by atoms with van der Waals surface area (Å²) in [6, 6.07) is 0.580. The minimum atomic E-state index is -0.109. The molecule has 0 aromatic rings. The molecule has 1 saturated carbocycles. The van der Waals surface area contributed by atoms with Crippen molar-refractivity contribution in [1.82, 2.24) is 5.32 Å². The molecule has 2 aliphatic rings. The average molecular weight is 168 g/mol. The quantitative estimate of drug-likeness (QED) is 0.589. The Hall–Kier alpha value is -0.570. The van der Waals surface area contributed by atoms with Gasteiger partial charge in [0.1, 0.15) is 0 Å². The molecule has 0 bridgehead atoms. The highest BCUT2D eigenvalue weighted by Crippen LogP contribution is 2.33. The third-order valence-corrected chi connectivity index (χ3v) is 3.32. The van der Waals surface area contributed by atoms with Crippen LogP contribution in [0.4, 0.5) is 0 Å². The fourth-order valence-electron chi connectivity index (χ4n) is 2.54. The number of carbonyl (C=O) groups is 1. The lowest BCUT2D eigenvalue weighted by molar-refractivity contribution is -0.123. The summed E-state index contributed by atoms with van der Waals surface area (Å²) in [7, 11) is 0. The van der Waals surface area contributed by atoms with Gasteiger partial charge in [-0.2, -0.15) is 0 Å². The van der Waals surface area contributed by atoms with Crippen LogP contribution < -0.4 is 11.1 Å². The number of carbonyl (C=O) groups excluding carboxylic acids is 1. The third kappa shape index (κ3) is 1.33. The van der Waals surface area contributed by atoms with Gasteiger partial charge in [0, 0.05) is 12.0 Å². The van der Waals surface area contributed by atoms with Crippen LogP contribution in [0.1, 0.15) is 25.7 Å². The average Bonchev–Trinajstić information content (AvgIpc) is 2.49. The Bertz CT molecular complexity index is 193. The van der Waals surface area contributed by atoms with Crippen molar-refractivity contribution < 1.29 is 4.79 Å². The zero-order valence-electron chi connectivity index (χ0n) is 7.25. The molecule has 1 saturated heterocycles. The summed E-state index contributed by atoms with van der Waals surface area (Å²) in [6.45, 7) is 1.13. The lowest BCUT2D eigenvalue weighted by Crippen LogP contribution is -2.38. The molecule has 0 spiro atoms. The molecule has 0 radical (unpaired) electrons. The van der Waals surface area contributed by atoms with Crippen LogP contribution in [0.3, 0.4) is 0 Å². The van der Waals surface area contributed by atoms with Gasteiger partial charge in [-0.15, -0.1) is 0 Å². The maximum absolute atomic E-state index is 10.9. The number of amides is 1. The van der Waals surface area contributed by atoms with E-state index in [0.29, 0.717) is 6.04 Å². The highest BCUT2D eigenvalue weighted by Gasteiger charge is 2.35. The van der Waals surface area contributed by atoms with Gasteiger partial charge in [-0.3, -0.25) is 4.79 Å². The van der Waals surface area contributed by atoms with E-state index in [2.05, 4.69) is 5.32 Å². The number of hydrogen-bond acceptors (Lipinski definition) is 2. The zero-order chi connectivity index (χ0) is 8.55. The van der Waals surface area contributed by atoms with E-state index in [0.717, 1.165) is 25.3 Å². The van der Waals surface area contributed by atoms with Crippen molar-refractivity contribution >= 4 is 5.91 Å². The zero-order valence-corrected chi connectivity index (χ0v) is 7.25. The number of primary amides is 1. The van der Waals surface area contributed by atoms with E-state index in [4.69, 9.17) is 5.73 Å². The second-order valence-corrected chi connectivity index (χ2v) is 4.02. The first-order valence-corrected chi connectivity index (χ1v) is 4.80. The van der Waals surface area contributed by atoms with Gasteiger partial charge in [-0.05, 0) is 38.1 Å². The van der Waals surface area contributed by atoms with Gasteiger partial charge in [0.2, 0.25) is 5.91 Å².